The Morgan fingerprint density at radius 2 is 1.89 bits per heavy atom. The SMILES string of the molecule is CC(C)NC(=O)CNC[C@]1(O)CCCN(Cc2ccc(C(C)C)cc2)C1=O. The molecule has 6 nitrogen and oxygen atoms in total. The van der Waals surface area contributed by atoms with Gasteiger partial charge in [-0.1, -0.05) is 38.1 Å². The highest BCUT2D eigenvalue weighted by molar-refractivity contribution is 5.86. The van der Waals surface area contributed by atoms with E-state index in [4.69, 9.17) is 0 Å². The van der Waals surface area contributed by atoms with Crippen molar-refractivity contribution in [2.75, 3.05) is 19.6 Å². The van der Waals surface area contributed by atoms with E-state index in [1.54, 1.807) is 4.90 Å². The number of nitrogens with one attached hydrogen (secondary N) is 2. The lowest BCUT2D eigenvalue weighted by Crippen LogP contribution is -2.58. The quantitative estimate of drug-likeness (QED) is 0.647. The van der Waals surface area contributed by atoms with Crippen LogP contribution in [0.1, 0.15) is 57.6 Å². The number of carbonyl (C=O) groups is 2. The molecule has 150 valence electrons. The van der Waals surface area contributed by atoms with Crippen molar-refractivity contribution in [1.29, 1.82) is 0 Å². The number of amides is 2. The van der Waals surface area contributed by atoms with Crippen LogP contribution in [-0.2, 0) is 16.1 Å². The summed E-state index contributed by atoms with van der Waals surface area (Å²) in [7, 11) is 0. The topological polar surface area (TPSA) is 81.7 Å². The molecule has 1 aliphatic rings. The number of likely N-dealkylation sites (tertiary alicyclic amines) is 1. The fraction of sp³-hybridized carbons (Fsp3) is 0.619. The summed E-state index contributed by atoms with van der Waals surface area (Å²) in [6, 6.07) is 8.34. The van der Waals surface area contributed by atoms with Crippen molar-refractivity contribution in [2.24, 2.45) is 0 Å². The Labute approximate surface area is 162 Å². The molecule has 0 unspecified atom stereocenters. The van der Waals surface area contributed by atoms with Crippen molar-refractivity contribution < 1.29 is 14.7 Å². The third-order valence-corrected chi connectivity index (χ3v) is 4.88. The fourth-order valence-electron chi connectivity index (χ4n) is 3.36. The molecule has 1 heterocycles. The lowest BCUT2D eigenvalue weighted by molar-refractivity contribution is -0.157. The molecule has 3 N–H and O–H groups in total. The Balaban J connectivity index is 1.92. The van der Waals surface area contributed by atoms with Crippen molar-refractivity contribution in [3.05, 3.63) is 35.4 Å². The van der Waals surface area contributed by atoms with Crippen LogP contribution < -0.4 is 10.6 Å². The molecule has 2 rings (SSSR count). The third kappa shape index (κ3) is 6.04. The van der Waals surface area contributed by atoms with Crippen LogP contribution in [-0.4, -0.2) is 53.1 Å². The molecule has 0 aromatic heterocycles. The first-order valence-electron chi connectivity index (χ1n) is 9.82. The summed E-state index contributed by atoms with van der Waals surface area (Å²) >= 11 is 0. The number of hydrogen-bond acceptors (Lipinski definition) is 4. The van der Waals surface area contributed by atoms with E-state index in [2.05, 4.69) is 36.6 Å². The second-order valence-corrected chi connectivity index (χ2v) is 8.08. The van der Waals surface area contributed by atoms with E-state index in [1.165, 1.54) is 5.56 Å². The number of piperidine rings is 1. The van der Waals surface area contributed by atoms with Crippen molar-refractivity contribution in [2.45, 2.75) is 64.6 Å². The minimum Gasteiger partial charge on any atom is -0.379 e. The predicted octanol–water partition coefficient (Wildman–Crippen LogP) is 1.78. The smallest absolute Gasteiger partial charge is 0.256 e. The molecule has 1 fully saturated rings. The average Bonchev–Trinajstić information content (AvgIpc) is 2.59. The highest BCUT2D eigenvalue weighted by Crippen LogP contribution is 2.24. The van der Waals surface area contributed by atoms with Gasteiger partial charge in [0.25, 0.3) is 5.91 Å². The Kier molecular flexibility index (Phi) is 7.39. The van der Waals surface area contributed by atoms with E-state index in [-0.39, 0.29) is 30.9 Å². The van der Waals surface area contributed by atoms with Crippen LogP contribution in [0.2, 0.25) is 0 Å². The molecule has 0 radical (unpaired) electrons. The summed E-state index contributed by atoms with van der Waals surface area (Å²) in [4.78, 5) is 26.2. The number of carbonyl (C=O) groups excluding carboxylic acids is 2. The van der Waals surface area contributed by atoms with Crippen molar-refractivity contribution in [1.82, 2.24) is 15.5 Å². The van der Waals surface area contributed by atoms with Gasteiger partial charge in [-0.2, -0.15) is 0 Å². The lowest BCUT2D eigenvalue weighted by Gasteiger charge is -2.38. The van der Waals surface area contributed by atoms with Gasteiger partial charge in [-0.25, -0.2) is 0 Å². The van der Waals surface area contributed by atoms with Gasteiger partial charge in [0.05, 0.1) is 6.54 Å². The molecule has 2 amide bonds. The molecule has 0 bridgehead atoms. The number of aliphatic hydroxyl groups is 1. The summed E-state index contributed by atoms with van der Waals surface area (Å²) in [6.07, 6.45) is 1.15. The normalized spacial score (nSPS) is 20.4. The van der Waals surface area contributed by atoms with Crippen molar-refractivity contribution in [3.8, 4) is 0 Å². The number of benzene rings is 1. The molecule has 1 saturated heterocycles. The van der Waals surface area contributed by atoms with E-state index in [0.29, 0.717) is 25.4 Å². The Hall–Kier alpha value is -1.92. The van der Waals surface area contributed by atoms with Gasteiger partial charge < -0.3 is 20.6 Å². The summed E-state index contributed by atoms with van der Waals surface area (Å²) in [5.41, 5.74) is 0.874. The molecule has 1 aliphatic heterocycles. The second kappa shape index (κ2) is 9.33. The van der Waals surface area contributed by atoms with Gasteiger partial charge in [0.15, 0.2) is 5.60 Å². The van der Waals surface area contributed by atoms with Crippen LogP contribution in [0.15, 0.2) is 24.3 Å². The van der Waals surface area contributed by atoms with E-state index >= 15 is 0 Å². The fourth-order valence-corrected chi connectivity index (χ4v) is 3.36. The van der Waals surface area contributed by atoms with Crippen molar-refractivity contribution in [3.63, 3.8) is 0 Å². The van der Waals surface area contributed by atoms with E-state index in [0.717, 1.165) is 12.0 Å². The first-order chi connectivity index (χ1) is 12.7. The molecule has 0 saturated carbocycles. The monoisotopic (exact) mass is 375 g/mol. The van der Waals surface area contributed by atoms with Gasteiger partial charge in [-0.15, -0.1) is 0 Å². The standard InChI is InChI=1S/C21H33N3O3/c1-15(2)18-8-6-17(7-9-18)13-24-11-5-10-21(27,20(24)26)14-22-12-19(25)23-16(3)4/h6-9,15-16,22,27H,5,10-14H2,1-4H3,(H,23,25)/t21-/m1/s1. The van der Waals surface area contributed by atoms with Crippen LogP contribution in [0.25, 0.3) is 0 Å². The largest absolute Gasteiger partial charge is 0.379 e. The van der Waals surface area contributed by atoms with E-state index in [1.807, 2.05) is 26.0 Å². The van der Waals surface area contributed by atoms with E-state index in [9.17, 15) is 14.7 Å². The number of hydrogen-bond donors (Lipinski definition) is 3. The van der Waals surface area contributed by atoms with Gasteiger partial charge >= 0.3 is 0 Å². The molecule has 0 spiro atoms. The third-order valence-electron chi connectivity index (χ3n) is 4.88. The maximum atomic E-state index is 12.8. The van der Waals surface area contributed by atoms with Crippen LogP contribution in [0.5, 0.6) is 0 Å². The summed E-state index contributed by atoms with van der Waals surface area (Å²) in [5, 5.41) is 16.5. The Morgan fingerprint density at radius 3 is 2.48 bits per heavy atom. The van der Waals surface area contributed by atoms with Crippen LogP contribution in [0, 0.1) is 0 Å². The number of rotatable bonds is 8. The Bertz CT molecular complexity index is 643. The molecule has 0 aliphatic carbocycles. The van der Waals surface area contributed by atoms with E-state index < -0.39 is 5.60 Å². The van der Waals surface area contributed by atoms with Gasteiger partial charge in [0.2, 0.25) is 5.91 Å². The highest BCUT2D eigenvalue weighted by Gasteiger charge is 2.41. The van der Waals surface area contributed by atoms with Crippen molar-refractivity contribution >= 4 is 11.8 Å². The molecular formula is C21H33N3O3. The molecular weight excluding hydrogens is 342 g/mol. The minimum absolute atomic E-state index is 0.0660. The summed E-state index contributed by atoms with van der Waals surface area (Å²) in [6.45, 7) is 9.39. The first kappa shape index (κ1) is 21.4. The van der Waals surface area contributed by atoms with Crippen LogP contribution >= 0.6 is 0 Å². The van der Waals surface area contributed by atoms with Gasteiger partial charge in [-0.05, 0) is 43.7 Å². The molecule has 1 aromatic carbocycles. The summed E-state index contributed by atoms with van der Waals surface area (Å²) < 4.78 is 0. The molecule has 27 heavy (non-hydrogen) atoms. The maximum absolute atomic E-state index is 12.8. The second-order valence-electron chi connectivity index (χ2n) is 8.08. The zero-order chi connectivity index (χ0) is 20.0. The van der Waals surface area contributed by atoms with Gasteiger partial charge in [0, 0.05) is 25.7 Å². The first-order valence-corrected chi connectivity index (χ1v) is 9.82. The number of nitrogens with zero attached hydrogens (tertiary/aromatic N) is 1. The molecule has 6 heteroatoms. The van der Waals surface area contributed by atoms with Crippen LogP contribution in [0.3, 0.4) is 0 Å². The Morgan fingerprint density at radius 1 is 1.22 bits per heavy atom. The summed E-state index contributed by atoms with van der Waals surface area (Å²) in [5.74, 6) is 0.0668. The van der Waals surface area contributed by atoms with Crippen LogP contribution in [0.4, 0.5) is 0 Å². The zero-order valence-electron chi connectivity index (χ0n) is 16.9. The zero-order valence-corrected chi connectivity index (χ0v) is 16.9. The minimum atomic E-state index is -1.45. The maximum Gasteiger partial charge on any atom is 0.256 e. The average molecular weight is 376 g/mol. The predicted molar refractivity (Wildman–Crippen MR) is 106 cm³/mol. The molecule has 1 atom stereocenters. The lowest BCUT2D eigenvalue weighted by atomic mass is 9.91. The van der Waals surface area contributed by atoms with Gasteiger partial charge in [-0.3, -0.25) is 9.59 Å². The highest BCUT2D eigenvalue weighted by atomic mass is 16.3. The van der Waals surface area contributed by atoms with Gasteiger partial charge in [0.1, 0.15) is 0 Å². The molecule has 1 aromatic rings.